The molecule has 3 rings (SSSR count). The molecule has 1 aromatic heterocycles. The summed E-state index contributed by atoms with van der Waals surface area (Å²) in [6.07, 6.45) is 1.12. The fourth-order valence-electron chi connectivity index (χ4n) is 2.91. The molecule has 176 valence electrons. The van der Waals surface area contributed by atoms with Crippen molar-refractivity contribution in [1.29, 1.82) is 0 Å². The van der Waals surface area contributed by atoms with Crippen LogP contribution in [0.5, 0.6) is 0 Å². The Kier molecular flexibility index (Phi) is 7.85. The number of hydrogen-bond donors (Lipinski definition) is 6. The van der Waals surface area contributed by atoms with Gasteiger partial charge in [-0.25, -0.2) is 9.78 Å². The second-order valence-corrected chi connectivity index (χ2v) is 10.0. The lowest BCUT2D eigenvalue weighted by Gasteiger charge is -2.49. The molecular formula is C16H16ClN7O6S3. The van der Waals surface area contributed by atoms with Crippen molar-refractivity contribution in [2.45, 2.75) is 11.4 Å². The molecule has 0 aromatic carbocycles. The Morgan fingerprint density at radius 1 is 1.42 bits per heavy atom. The van der Waals surface area contributed by atoms with Crippen LogP contribution >= 0.6 is 46.5 Å². The van der Waals surface area contributed by atoms with Gasteiger partial charge in [-0.2, -0.15) is 0 Å². The highest BCUT2D eigenvalue weighted by Gasteiger charge is 2.54. The zero-order valence-electron chi connectivity index (χ0n) is 16.3. The number of nitrogen functional groups attached to an aromatic ring is 1. The fraction of sp³-hybridized carbons (Fsp3) is 0.250. The van der Waals surface area contributed by atoms with Crippen LogP contribution in [0.1, 0.15) is 5.69 Å². The molecule has 0 bridgehead atoms. The molecule has 17 heteroatoms. The van der Waals surface area contributed by atoms with Gasteiger partial charge < -0.3 is 32.3 Å². The van der Waals surface area contributed by atoms with Crippen LogP contribution in [0.25, 0.3) is 0 Å². The normalized spacial score (nSPS) is 21.3. The molecule has 1 unspecified atom stereocenters. The Labute approximate surface area is 203 Å². The van der Waals surface area contributed by atoms with Crippen molar-refractivity contribution in [2.24, 2.45) is 16.0 Å². The molecule has 13 nitrogen and oxygen atoms in total. The van der Waals surface area contributed by atoms with Crippen molar-refractivity contribution in [3.05, 3.63) is 31.6 Å². The summed E-state index contributed by atoms with van der Waals surface area (Å²) in [5, 5.41) is 36.7. The van der Waals surface area contributed by atoms with E-state index in [4.69, 9.17) is 28.3 Å². The van der Waals surface area contributed by atoms with Gasteiger partial charge in [-0.3, -0.25) is 14.5 Å². The molecule has 0 aliphatic carbocycles. The number of amides is 2. The van der Waals surface area contributed by atoms with Gasteiger partial charge in [0, 0.05) is 17.2 Å². The maximum atomic E-state index is 12.7. The average Bonchev–Trinajstić information content (AvgIpc) is 3.11. The topological polar surface area (TPSA) is 217 Å². The number of β-lactam (4-membered cyclic amide) rings is 1. The molecule has 2 amide bonds. The maximum Gasteiger partial charge on any atom is 0.353 e. The SMILES string of the molecule is NCC(/C=N/O)=C\SC1=C(C(=O)O)N2C(=O)C(NC(=O)/C(=N\O)c3nc(N)sc3Cl)[C@H]2SC1. The van der Waals surface area contributed by atoms with Gasteiger partial charge in [-0.05, 0) is 11.0 Å². The summed E-state index contributed by atoms with van der Waals surface area (Å²) < 4.78 is 0.0259. The number of nitrogens with one attached hydrogen (secondary N) is 1. The molecule has 3 heterocycles. The highest BCUT2D eigenvalue weighted by atomic mass is 35.5. The van der Waals surface area contributed by atoms with Crippen LogP contribution in [0.3, 0.4) is 0 Å². The van der Waals surface area contributed by atoms with Crippen molar-refractivity contribution < 1.29 is 29.9 Å². The smallest absolute Gasteiger partial charge is 0.353 e. The molecule has 0 spiro atoms. The first-order valence-electron chi connectivity index (χ1n) is 8.82. The molecule has 1 aromatic rings. The number of nitrogens with zero attached hydrogens (tertiary/aromatic N) is 4. The number of thioether (sulfide) groups is 2. The van der Waals surface area contributed by atoms with E-state index >= 15 is 0 Å². The van der Waals surface area contributed by atoms with Gasteiger partial charge in [-0.1, -0.05) is 45.0 Å². The van der Waals surface area contributed by atoms with Crippen LogP contribution in [0.4, 0.5) is 5.13 Å². The first-order valence-corrected chi connectivity index (χ1v) is 11.9. The van der Waals surface area contributed by atoms with Gasteiger partial charge in [0.25, 0.3) is 11.8 Å². The highest BCUT2D eigenvalue weighted by molar-refractivity contribution is 8.08. The van der Waals surface area contributed by atoms with Gasteiger partial charge in [0.15, 0.2) is 10.8 Å². The number of rotatable bonds is 8. The Morgan fingerprint density at radius 3 is 2.70 bits per heavy atom. The van der Waals surface area contributed by atoms with E-state index in [9.17, 15) is 24.7 Å². The lowest BCUT2D eigenvalue weighted by atomic mass is 10.0. The Bertz CT molecular complexity index is 1120. The number of nitrogens with two attached hydrogens (primary N) is 2. The number of carbonyl (C=O) groups excluding carboxylic acids is 2. The molecular weight excluding hydrogens is 518 g/mol. The second-order valence-electron chi connectivity index (χ2n) is 6.32. The number of aromatic nitrogens is 1. The van der Waals surface area contributed by atoms with Crippen LogP contribution in [-0.4, -0.2) is 78.8 Å². The minimum atomic E-state index is -1.32. The van der Waals surface area contributed by atoms with E-state index in [0.717, 1.165) is 34.2 Å². The van der Waals surface area contributed by atoms with Crippen LogP contribution in [-0.2, 0) is 14.4 Å². The first kappa shape index (κ1) is 24.8. The third-order valence-electron chi connectivity index (χ3n) is 4.38. The van der Waals surface area contributed by atoms with Gasteiger partial charge in [0.05, 0.1) is 6.21 Å². The van der Waals surface area contributed by atoms with Gasteiger partial charge in [-0.15, -0.1) is 11.8 Å². The van der Waals surface area contributed by atoms with E-state index in [-0.39, 0.29) is 33.2 Å². The van der Waals surface area contributed by atoms with Gasteiger partial charge in [0.1, 0.15) is 27.1 Å². The number of thiazole rings is 1. The van der Waals surface area contributed by atoms with Crippen LogP contribution < -0.4 is 16.8 Å². The third kappa shape index (κ3) is 4.93. The number of fused-ring (bicyclic) bond motifs is 1. The van der Waals surface area contributed by atoms with Crippen molar-refractivity contribution in [1.82, 2.24) is 15.2 Å². The maximum absolute atomic E-state index is 12.7. The second kappa shape index (κ2) is 10.4. The molecule has 1 saturated heterocycles. The minimum Gasteiger partial charge on any atom is -0.477 e. The number of aliphatic carboxylic acids is 1. The van der Waals surface area contributed by atoms with Crippen LogP contribution in [0, 0.1) is 0 Å². The summed E-state index contributed by atoms with van der Waals surface area (Å²) in [6.45, 7) is 0.0582. The summed E-state index contributed by atoms with van der Waals surface area (Å²) in [5.74, 6) is -2.67. The number of anilines is 1. The van der Waals surface area contributed by atoms with Crippen LogP contribution in [0.2, 0.25) is 4.34 Å². The van der Waals surface area contributed by atoms with E-state index in [1.165, 1.54) is 17.2 Å². The predicted molar refractivity (Wildman–Crippen MR) is 125 cm³/mol. The zero-order chi connectivity index (χ0) is 24.3. The fourth-order valence-corrected chi connectivity index (χ4v) is 6.25. The van der Waals surface area contributed by atoms with E-state index < -0.39 is 34.9 Å². The van der Waals surface area contributed by atoms with E-state index in [1.54, 1.807) is 0 Å². The van der Waals surface area contributed by atoms with E-state index in [1.807, 2.05) is 0 Å². The van der Waals surface area contributed by atoms with Crippen molar-refractivity contribution in [3.8, 4) is 0 Å². The molecule has 33 heavy (non-hydrogen) atoms. The summed E-state index contributed by atoms with van der Waals surface area (Å²) in [5.41, 5.74) is 10.6. The summed E-state index contributed by atoms with van der Waals surface area (Å²) in [6, 6.07) is -1.06. The van der Waals surface area contributed by atoms with Gasteiger partial charge >= 0.3 is 5.97 Å². The monoisotopic (exact) mass is 533 g/mol. The molecule has 0 saturated carbocycles. The molecule has 0 radical (unpaired) electrons. The number of carboxylic acids is 1. The summed E-state index contributed by atoms with van der Waals surface area (Å²) >= 11 is 9.10. The van der Waals surface area contributed by atoms with Gasteiger partial charge in [0.2, 0.25) is 0 Å². The highest BCUT2D eigenvalue weighted by Crippen LogP contribution is 2.43. The third-order valence-corrected chi connectivity index (χ3v) is 7.96. The largest absolute Gasteiger partial charge is 0.477 e. The number of oxime groups is 2. The molecule has 2 aliphatic heterocycles. The van der Waals surface area contributed by atoms with E-state index in [0.29, 0.717) is 10.5 Å². The number of halogens is 1. The minimum absolute atomic E-state index is 0.0259. The van der Waals surface area contributed by atoms with E-state index in [2.05, 4.69) is 20.6 Å². The van der Waals surface area contributed by atoms with Crippen molar-refractivity contribution >= 4 is 81.3 Å². The summed E-state index contributed by atoms with van der Waals surface area (Å²) in [7, 11) is 0. The molecule has 2 atom stereocenters. The Hall–Kier alpha value is -2.79. The number of carboxylic acid groups (broad SMARTS) is 1. The zero-order valence-corrected chi connectivity index (χ0v) is 19.5. The quantitative estimate of drug-likeness (QED) is 0.115. The molecule has 2 aliphatic rings. The predicted octanol–water partition coefficient (Wildman–Crippen LogP) is 0.289. The molecule has 8 N–H and O–H groups in total. The summed E-state index contributed by atoms with van der Waals surface area (Å²) in [4.78, 5) is 42.5. The standard InChI is InChI=1S/C16H16ClN7O6S3/c17-11-7(22-16(19)33-11)8(23-30)12(25)21-9-13(26)24-10(15(27)28)6(4-32-14(9)24)31-3-5(1-18)2-20-29/h2-3,9,14,29-30H,1,4,18H2,(H2,19,22)(H,21,25)(H,27,28)/b5-3+,20-2+,23-8-/t9?,14-/m1/s1. The van der Waals surface area contributed by atoms with Crippen LogP contribution in [0.15, 0.2) is 31.9 Å². The molecule has 1 fully saturated rings. The average molecular weight is 534 g/mol. The lowest BCUT2D eigenvalue weighted by Crippen LogP contribution is -2.71. The van der Waals surface area contributed by atoms with Crippen molar-refractivity contribution in [3.63, 3.8) is 0 Å². The Balaban J connectivity index is 1.79. The Morgan fingerprint density at radius 2 is 2.15 bits per heavy atom. The van der Waals surface area contributed by atoms with Crippen molar-refractivity contribution in [2.75, 3.05) is 18.0 Å². The number of carbonyl (C=O) groups is 3. The lowest BCUT2D eigenvalue weighted by molar-refractivity contribution is -0.150. The number of hydrogen-bond acceptors (Lipinski definition) is 13. The first-order chi connectivity index (χ1) is 15.7.